The standard InChI is InChI=1S/C33H28ClFN4O3S/c1-2-11-39(32(41)19-40)18-21-3-7-26(37-17-21)31-16-28-33(43-31)30(9-10-36-28)42-29-8-4-20(13-25(29)35)12-24-14-22-5-6-23(34)15-27(22)38-24/h3-10,13,15-17,40H,2,11-12,14,18-19H2,1H3. The van der Waals surface area contributed by atoms with Crippen LogP contribution in [0, 0.1) is 5.82 Å². The lowest BCUT2D eigenvalue weighted by Gasteiger charge is -2.21. The van der Waals surface area contributed by atoms with Gasteiger partial charge >= 0.3 is 0 Å². The number of benzene rings is 2. The van der Waals surface area contributed by atoms with E-state index in [4.69, 9.17) is 16.3 Å². The SMILES string of the molecule is CCCN(Cc1ccc(-c2cc3nccc(Oc4ccc(CC5=Nc6cc(Cl)ccc6C5)cc4F)c3s2)nc1)C(=O)CO. The van der Waals surface area contributed by atoms with Gasteiger partial charge in [0.25, 0.3) is 0 Å². The number of carbonyl (C=O) groups is 1. The summed E-state index contributed by atoms with van der Waals surface area (Å²) in [5.74, 6) is -0.117. The van der Waals surface area contributed by atoms with Crippen LogP contribution < -0.4 is 4.74 Å². The van der Waals surface area contributed by atoms with E-state index in [1.54, 1.807) is 29.4 Å². The summed E-state index contributed by atoms with van der Waals surface area (Å²) in [4.78, 5) is 28.3. The summed E-state index contributed by atoms with van der Waals surface area (Å²) in [5, 5.41) is 9.90. The second kappa shape index (κ2) is 12.6. The van der Waals surface area contributed by atoms with Crippen LogP contribution in [-0.2, 0) is 24.2 Å². The number of carbonyl (C=O) groups excluding carboxylic acids is 1. The Balaban J connectivity index is 1.17. The molecule has 0 atom stereocenters. The Kier molecular flexibility index (Phi) is 8.47. The van der Waals surface area contributed by atoms with E-state index in [0.717, 1.165) is 61.7 Å². The molecule has 1 N–H and O–H groups in total. The van der Waals surface area contributed by atoms with Crippen LogP contribution in [0.25, 0.3) is 20.8 Å². The van der Waals surface area contributed by atoms with Crippen molar-refractivity contribution in [1.82, 2.24) is 14.9 Å². The Morgan fingerprint density at radius 3 is 2.70 bits per heavy atom. The van der Waals surface area contributed by atoms with E-state index in [1.165, 1.54) is 17.4 Å². The number of halogens is 2. The molecule has 2 aromatic carbocycles. The van der Waals surface area contributed by atoms with E-state index < -0.39 is 12.4 Å². The summed E-state index contributed by atoms with van der Waals surface area (Å²) < 4.78 is 22.0. The first kappa shape index (κ1) is 28.9. The maximum atomic E-state index is 15.2. The zero-order valence-electron chi connectivity index (χ0n) is 23.4. The van der Waals surface area contributed by atoms with Crippen molar-refractivity contribution >= 4 is 50.5 Å². The molecular weight excluding hydrogens is 587 g/mol. The number of hydrogen-bond acceptors (Lipinski definition) is 7. The number of aliphatic hydroxyl groups excluding tert-OH is 1. The normalized spacial score (nSPS) is 12.3. The predicted molar refractivity (Wildman–Crippen MR) is 168 cm³/mol. The van der Waals surface area contributed by atoms with E-state index in [0.29, 0.717) is 30.3 Å². The Bertz CT molecular complexity index is 1840. The molecule has 0 spiro atoms. The minimum atomic E-state index is -0.514. The van der Waals surface area contributed by atoms with Gasteiger partial charge in [-0.05, 0) is 59.5 Å². The molecule has 218 valence electrons. The fourth-order valence-corrected chi connectivity index (χ4v) is 6.29. The molecule has 7 nitrogen and oxygen atoms in total. The first-order valence-corrected chi connectivity index (χ1v) is 15.1. The number of fused-ring (bicyclic) bond motifs is 2. The van der Waals surface area contributed by atoms with Gasteiger partial charge in [0.15, 0.2) is 11.6 Å². The summed E-state index contributed by atoms with van der Waals surface area (Å²) in [6.07, 6.45) is 5.43. The van der Waals surface area contributed by atoms with Crippen molar-refractivity contribution in [1.29, 1.82) is 0 Å². The number of rotatable bonds is 10. The van der Waals surface area contributed by atoms with Gasteiger partial charge in [0.05, 0.1) is 26.5 Å². The van der Waals surface area contributed by atoms with Gasteiger partial charge in [0, 0.05) is 55.1 Å². The first-order chi connectivity index (χ1) is 20.9. The number of hydrogen-bond donors (Lipinski definition) is 1. The van der Waals surface area contributed by atoms with Crippen LogP contribution in [0.1, 0.15) is 30.0 Å². The number of ether oxygens (including phenoxy) is 1. The molecule has 0 aliphatic carbocycles. The average Bonchev–Trinajstić information content (AvgIpc) is 3.62. The molecular formula is C33H28ClFN4O3S. The molecule has 0 bridgehead atoms. The average molecular weight is 615 g/mol. The minimum Gasteiger partial charge on any atom is -0.453 e. The number of aliphatic hydroxyl groups is 1. The third kappa shape index (κ3) is 6.44. The molecule has 4 heterocycles. The van der Waals surface area contributed by atoms with E-state index >= 15 is 4.39 Å². The summed E-state index contributed by atoms with van der Waals surface area (Å²) in [6.45, 7) is 2.42. The summed E-state index contributed by atoms with van der Waals surface area (Å²) >= 11 is 7.55. The molecule has 0 saturated heterocycles. The lowest BCUT2D eigenvalue weighted by atomic mass is 10.0. The number of thiophene rings is 1. The Hall–Kier alpha value is -4.18. The minimum absolute atomic E-state index is 0.131. The fraction of sp³-hybridized carbons (Fsp3) is 0.212. The van der Waals surface area contributed by atoms with Crippen LogP contribution >= 0.6 is 22.9 Å². The van der Waals surface area contributed by atoms with Crippen molar-refractivity contribution in [2.24, 2.45) is 4.99 Å². The summed E-state index contributed by atoms with van der Waals surface area (Å²) in [6, 6.07) is 18.2. The maximum absolute atomic E-state index is 15.2. The maximum Gasteiger partial charge on any atom is 0.248 e. The predicted octanol–water partition coefficient (Wildman–Crippen LogP) is 7.55. The first-order valence-electron chi connectivity index (χ1n) is 13.9. The molecule has 3 aromatic heterocycles. The summed E-state index contributed by atoms with van der Waals surface area (Å²) in [5.41, 5.74) is 6.12. The molecule has 1 aliphatic heterocycles. The topological polar surface area (TPSA) is 87.9 Å². The van der Waals surface area contributed by atoms with Crippen LogP contribution in [0.4, 0.5) is 10.1 Å². The van der Waals surface area contributed by atoms with Crippen molar-refractivity contribution in [2.45, 2.75) is 32.7 Å². The van der Waals surface area contributed by atoms with Crippen LogP contribution in [0.15, 0.2) is 78.0 Å². The molecule has 1 amide bonds. The second-order valence-electron chi connectivity index (χ2n) is 10.3. The molecule has 43 heavy (non-hydrogen) atoms. The number of pyridine rings is 2. The number of nitrogens with zero attached hydrogens (tertiary/aromatic N) is 4. The lowest BCUT2D eigenvalue weighted by Crippen LogP contribution is -2.33. The van der Waals surface area contributed by atoms with Crippen molar-refractivity contribution in [2.75, 3.05) is 13.2 Å². The van der Waals surface area contributed by atoms with E-state index in [9.17, 15) is 9.90 Å². The van der Waals surface area contributed by atoms with Crippen LogP contribution in [0.5, 0.6) is 11.5 Å². The molecule has 5 aromatic rings. The van der Waals surface area contributed by atoms with Gasteiger partial charge in [0.2, 0.25) is 5.91 Å². The van der Waals surface area contributed by atoms with Crippen LogP contribution in [-0.4, -0.2) is 44.7 Å². The number of amides is 1. The van der Waals surface area contributed by atoms with E-state index in [2.05, 4.69) is 15.0 Å². The van der Waals surface area contributed by atoms with Crippen LogP contribution in [0.3, 0.4) is 0 Å². The van der Waals surface area contributed by atoms with Crippen molar-refractivity contribution < 1.29 is 19.0 Å². The van der Waals surface area contributed by atoms with Crippen molar-refractivity contribution in [3.63, 3.8) is 0 Å². The van der Waals surface area contributed by atoms with Gasteiger partial charge in [-0.3, -0.25) is 19.8 Å². The highest BCUT2D eigenvalue weighted by Gasteiger charge is 2.18. The van der Waals surface area contributed by atoms with Gasteiger partial charge in [-0.2, -0.15) is 0 Å². The molecule has 0 unspecified atom stereocenters. The van der Waals surface area contributed by atoms with Crippen molar-refractivity contribution in [3.8, 4) is 22.1 Å². The molecule has 0 radical (unpaired) electrons. The van der Waals surface area contributed by atoms with Crippen molar-refractivity contribution in [3.05, 3.63) is 101 Å². The number of aliphatic imine (C=N–C) groups is 1. The van der Waals surface area contributed by atoms with Gasteiger partial charge < -0.3 is 14.7 Å². The zero-order chi connectivity index (χ0) is 29.9. The lowest BCUT2D eigenvalue weighted by molar-refractivity contribution is -0.134. The Labute approximate surface area is 257 Å². The van der Waals surface area contributed by atoms with Gasteiger partial charge in [-0.25, -0.2) is 4.39 Å². The van der Waals surface area contributed by atoms with E-state index in [1.807, 2.05) is 49.4 Å². The van der Waals surface area contributed by atoms with Gasteiger partial charge in [-0.15, -0.1) is 11.3 Å². The molecule has 0 saturated carbocycles. The quantitative estimate of drug-likeness (QED) is 0.176. The molecule has 1 aliphatic rings. The second-order valence-corrected chi connectivity index (χ2v) is 11.8. The fourth-order valence-electron chi connectivity index (χ4n) is 5.08. The van der Waals surface area contributed by atoms with E-state index in [-0.39, 0.29) is 11.7 Å². The number of aromatic nitrogens is 2. The zero-order valence-corrected chi connectivity index (χ0v) is 25.0. The monoisotopic (exact) mass is 614 g/mol. The third-order valence-corrected chi connectivity index (χ3v) is 8.55. The van der Waals surface area contributed by atoms with Gasteiger partial charge in [-0.1, -0.05) is 36.7 Å². The van der Waals surface area contributed by atoms with Gasteiger partial charge in [0.1, 0.15) is 12.4 Å². The molecule has 10 heteroatoms. The highest BCUT2D eigenvalue weighted by atomic mass is 35.5. The third-order valence-electron chi connectivity index (χ3n) is 7.15. The largest absolute Gasteiger partial charge is 0.453 e. The molecule has 0 fully saturated rings. The molecule has 6 rings (SSSR count). The smallest absolute Gasteiger partial charge is 0.248 e. The van der Waals surface area contributed by atoms with Crippen LogP contribution in [0.2, 0.25) is 5.02 Å². The Morgan fingerprint density at radius 1 is 1.07 bits per heavy atom. The Morgan fingerprint density at radius 2 is 1.93 bits per heavy atom. The highest BCUT2D eigenvalue weighted by molar-refractivity contribution is 7.22. The highest BCUT2D eigenvalue weighted by Crippen LogP contribution is 2.39. The summed E-state index contributed by atoms with van der Waals surface area (Å²) in [7, 11) is 0.